The number of ether oxygens (including phenoxy) is 1. The predicted octanol–water partition coefficient (Wildman–Crippen LogP) is 3.88. The minimum Gasteiger partial charge on any atom is -0.438 e. The van der Waals surface area contributed by atoms with Crippen molar-refractivity contribution in [3.05, 3.63) is 29.2 Å². The number of hydrogen-bond donors (Lipinski definition) is 1. The largest absolute Gasteiger partial charge is 0.438 e. The molecule has 5 rings (SSSR count). The van der Waals surface area contributed by atoms with E-state index in [0.717, 1.165) is 49.4 Å². The summed E-state index contributed by atoms with van der Waals surface area (Å²) in [5, 5.41) is 3.74. The predicted molar refractivity (Wildman–Crippen MR) is 93.2 cm³/mol. The van der Waals surface area contributed by atoms with E-state index in [1.54, 1.807) is 0 Å². The minimum absolute atomic E-state index is 0.0438. The van der Waals surface area contributed by atoms with Crippen molar-refractivity contribution < 1.29 is 9.15 Å². The molecule has 3 aliphatic rings. The number of oxazole rings is 1. The van der Waals surface area contributed by atoms with Crippen molar-refractivity contribution in [1.82, 2.24) is 10.3 Å². The van der Waals surface area contributed by atoms with Gasteiger partial charge in [0.15, 0.2) is 5.58 Å². The van der Waals surface area contributed by atoms with E-state index < -0.39 is 0 Å². The van der Waals surface area contributed by atoms with Crippen LogP contribution in [0.25, 0.3) is 11.1 Å². The molecule has 1 aromatic carbocycles. The molecule has 0 unspecified atom stereocenters. The Hall–Kier alpha value is -1.39. The highest BCUT2D eigenvalue weighted by atomic mass is 16.5. The van der Waals surface area contributed by atoms with E-state index in [0.29, 0.717) is 6.04 Å². The Morgan fingerprint density at radius 1 is 1.25 bits per heavy atom. The summed E-state index contributed by atoms with van der Waals surface area (Å²) in [5.74, 6) is 0.760. The van der Waals surface area contributed by atoms with Crippen LogP contribution in [0.1, 0.15) is 63.2 Å². The molecule has 0 spiro atoms. The lowest BCUT2D eigenvalue weighted by Gasteiger charge is -2.57. The molecule has 1 N–H and O–H groups in total. The zero-order valence-electron chi connectivity index (χ0n) is 14.8. The maximum atomic E-state index is 6.07. The van der Waals surface area contributed by atoms with Gasteiger partial charge in [-0.1, -0.05) is 20.8 Å². The van der Waals surface area contributed by atoms with E-state index in [4.69, 9.17) is 14.1 Å². The Labute approximate surface area is 143 Å². The first-order valence-corrected chi connectivity index (χ1v) is 9.28. The molecule has 1 aromatic heterocycles. The molecule has 2 aromatic rings. The van der Waals surface area contributed by atoms with Gasteiger partial charge in [0.25, 0.3) is 0 Å². The van der Waals surface area contributed by atoms with Gasteiger partial charge in [0, 0.05) is 18.1 Å². The first kappa shape index (κ1) is 14.9. The van der Waals surface area contributed by atoms with Crippen LogP contribution in [0.2, 0.25) is 0 Å². The van der Waals surface area contributed by atoms with Crippen LogP contribution < -0.4 is 5.32 Å². The molecule has 3 heterocycles. The van der Waals surface area contributed by atoms with Gasteiger partial charge in [-0.05, 0) is 60.9 Å². The van der Waals surface area contributed by atoms with Crippen LogP contribution in [0.5, 0.6) is 0 Å². The smallest absolute Gasteiger partial charge is 0.224 e. The topological polar surface area (TPSA) is 47.3 Å². The summed E-state index contributed by atoms with van der Waals surface area (Å²) in [7, 11) is 0. The minimum atomic E-state index is 0.0438. The lowest BCUT2D eigenvalue weighted by Crippen LogP contribution is -2.62. The number of nitrogens with one attached hydrogen (secondary N) is 1. The molecule has 24 heavy (non-hydrogen) atoms. The quantitative estimate of drug-likeness (QED) is 0.864. The monoisotopic (exact) mass is 326 g/mol. The molecular formula is C20H26N2O2. The second-order valence-electron chi connectivity index (χ2n) is 8.55. The molecule has 0 saturated carbocycles. The van der Waals surface area contributed by atoms with E-state index in [1.165, 1.54) is 17.5 Å². The molecule has 3 atom stereocenters. The van der Waals surface area contributed by atoms with Gasteiger partial charge in [-0.15, -0.1) is 0 Å². The van der Waals surface area contributed by atoms with Gasteiger partial charge in [-0.25, -0.2) is 4.98 Å². The summed E-state index contributed by atoms with van der Waals surface area (Å²) in [6.07, 6.45) is 4.40. The SMILES string of the molecule is CC1(C)[C@@H]2Cc3cc4oc([C@@H]5CCCO5)nc4cc3[C@]1(C)CCN2. The summed E-state index contributed by atoms with van der Waals surface area (Å²) in [6, 6.07) is 5.07. The lowest BCUT2D eigenvalue weighted by molar-refractivity contribution is 0.0561. The third-order valence-electron chi connectivity index (χ3n) is 7.16. The van der Waals surface area contributed by atoms with Gasteiger partial charge in [-0.2, -0.15) is 0 Å². The summed E-state index contributed by atoms with van der Waals surface area (Å²) in [6.45, 7) is 9.18. The first-order valence-electron chi connectivity index (χ1n) is 9.28. The number of fused-ring (bicyclic) bond motifs is 5. The standard InChI is InChI=1S/C20H26N2O2/c1-19(2)17-10-12-9-16-14(11-13(12)20(19,3)6-7-21-17)22-18(24-16)15-5-4-8-23-15/h9,11,15,17,21H,4-8,10H2,1-3H3/t15-,17-,20-/m0/s1. The highest BCUT2D eigenvalue weighted by Crippen LogP contribution is 2.54. The molecule has 1 aliphatic carbocycles. The van der Waals surface area contributed by atoms with E-state index >= 15 is 0 Å². The Kier molecular flexibility index (Phi) is 3.00. The van der Waals surface area contributed by atoms with Crippen LogP contribution in [0.4, 0.5) is 0 Å². The fourth-order valence-electron chi connectivity index (χ4n) is 5.11. The highest BCUT2D eigenvalue weighted by Gasteiger charge is 2.53. The number of aromatic nitrogens is 1. The van der Waals surface area contributed by atoms with E-state index in [-0.39, 0.29) is 16.9 Å². The van der Waals surface area contributed by atoms with Crippen molar-refractivity contribution in [3.63, 3.8) is 0 Å². The highest BCUT2D eigenvalue weighted by molar-refractivity contribution is 5.76. The van der Waals surface area contributed by atoms with Crippen LogP contribution in [0, 0.1) is 5.41 Å². The van der Waals surface area contributed by atoms with Crippen molar-refractivity contribution in [1.29, 1.82) is 0 Å². The van der Waals surface area contributed by atoms with Crippen molar-refractivity contribution in [2.45, 2.75) is 64.0 Å². The Morgan fingerprint density at radius 3 is 2.92 bits per heavy atom. The van der Waals surface area contributed by atoms with Crippen LogP contribution in [0.15, 0.2) is 16.5 Å². The van der Waals surface area contributed by atoms with Crippen LogP contribution in [0.3, 0.4) is 0 Å². The van der Waals surface area contributed by atoms with Crippen molar-refractivity contribution in [3.8, 4) is 0 Å². The number of benzene rings is 1. The molecule has 4 heteroatoms. The number of piperidine rings is 1. The summed E-state index contributed by atoms with van der Waals surface area (Å²) in [5.41, 5.74) is 5.25. The average Bonchev–Trinajstić information content (AvgIpc) is 3.18. The number of rotatable bonds is 1. The van der Waals surface area contributed by atoms with E-state index in [2.05, 4.69) is 38.2 Å². The van der Waals surface area contributed by atoms with Crippen molar-refractivity contribution in [2.75, 3.05) is 13.2 Å². The van der Waals surface area contributed by atoms with E-state index in [1.807, 2.05) is 0 Å². The Bertz CT molecular complexity index is 803. The first-order chi connectivity index (χ1) is 11.5. The fourth-order valence-corrected chi connectivity index (χ4v) is 5.11. The van der Waals surface area contributed by atoms with Gasteiger partial charge in [0.2, 0.25) is 5.89 Å². The van der Waals surface area contributed by atoms with Gasteiger partial charge < -0.3 is 14.5 Å². The summed E-state index contributed by atoms with van der Waals surface area (Å²) >= 11 is 0. The second kappa shape index (κ2) is 4.83. The summed E-state index contributed by atoms with van der Waals surface area (Å²) in [4.78, 5) is 4.78. The normalized spacial score (nSPS) is 34.5. The molecule has 0 amide bonds. The fraction of sp³-hybridized carbons (Fsp3) is 0.650. The third kappa shape index (κ3) is 1.84. The van der Waals surface area contributed by atoms with Crippen molar-refractivity contribution >= 4 is 11.1 Å². The molecule has 2 fully saturated rings. The van der Waals surface area contributed by atoms with E-state index in [9.17, 15) is 0 Å². The third-order valence-corrected chi connectivity index (χ3v) is 7.16. The Balaban J connectivity index is 1.66. The lowest BCUT2D eigenvalue weighted by atomic mass is 9.51. The molecule has 128 valence electrons. The molecule has 2 aliphatic heterocycles. The van der Waals surface area contributed by atoms with Crippen molar-refractivity contribution in [2.24, 2.45) is 5.41 Å². The molecule has 0 radical (unpaired) electrons. The molecule has 4 nitrogen and oxygen atoms in total. The molecular weight excluding hydrogens is 300 g/mol. The molecule has 2 saturated heterocycles. The number of nitrogens with zero attached hydrogens (tertiary/aromatic N) is 1. The second-order valence-corrected chi connectivity index (χ2v) is 8.55. The number of hydrogen-bond acceptors (Lipinski definition) is 4. The van der Waals surface area contributed by atoms with Gasteiger partial charge >= 0.3 is 0 Å². The van der Waals surface area contributed by atoms with Gasteiger partial charge in [-0.3, -0.25) is 0 Å². The van der Waals surface area contributed by atoms with Crippen LogP contribution in [-0.4, -0.2) is 24.2 Å². The maximum Gasteiger partial charge on any atom is 0.224 e. The zero-order valence-corrected chi connectivity index (χ0v) is 14.8. The van der Waals surface area contributed by atoms with Crippen LogP contribution >= 0.6 is 0 Å². The molecule has 2 bridgehead atoms. The van der Waals surface area contributed by atoms with Gasteiger partial charge in [0.1, 0.15) is 11.6 Å². The Morgan fingerprint density at radius 2 is 2.12 bits per heavy atom. The maximum absolute atomic E-state index is 6.07. The summed E-state index contributed by atoms with van der Waals surface area (Å²) < 4.78 is 11.8. The van der Waals surface area contributed by atoms with Crippen LogP contribution in [-0.2, 0) is 16.6 Å². The zero-order chi connectivity index (χ0) is 16.5. The van der Waals surface area contributed by atoms with Gasteiger partial charge in [0.05, 0.1) is 0 Å². The average molecular weight is 326 g/mol.